The van der Waals surface area contributed by atoms with Crippen LogP contribution in [0.25, 0.3) is 0 Å². The number of hydrogen-bond donors (Lipinski definition) is 0. The number of ether oxygens (including phenoxy) is 1. The third-order valence-corrected chi connectivity index (χ3v) is 4.80. The molecule has 1 aromatic rings. The molecule has 0 aliphatic carbocycles. The molecule has 3 nitrogen and oxygen atoms in total. The van der Waals surface area contributed by atoms with Crippen LogP contribution in [0.5, 0.6) is 0 Å². The van der Waals surface area contributed by atoms with Gasteiger partial charge in [0.2, 0.25) is 0 Å². The van der Waals surface area contributed by atoms with Crippen LogP contribution in [0.3, 0.4) is 0 Å². The van der Waals surface area contributed by atoms with E-state index in [9.17, 15) is 0 Å². The standard InChI is InChI=1S/C13H19ClN2OS/c1-3-4-11-15-12(14)9(2)13(16-11)18-10-5-7-17-8-6-10/h10H,3-8H2,1-2H3. The molecular formula is C13H19ClN2OS. The summed E-state index contributed by atoms with van der Waals surface area (Å²) >= 11 is 8.01. The van der Waals surface area contributed by atoms with E-state index in [-0.39, 0.29) is 0 Å². The van der Waals surface area contributed by atoms with Crippen LogP contribution < -0.4 is 0 Å². The van der Waals surface area contributed by atoms with Crippen LogP contribution in [0.4, 0.5) is 0 Å². The molecular weight excluding hydrogens is 268 g/mol. The largest absolute Gasteiger partial charge is 0.381 e. The van der Waals surface area contributed by atoms with Gasteiger partial charge in [-0.25, -0.2) is 9.97 Å². The summed E-state index contributed by atoms with van der Waals surface area (Å²) in [6.07, 6.45) is 4.12. The van der Waals surface area contributed by atoms with E-state index in [1.165, 1.54) is 0 Å². The molecule has 100 valence electrons. The summed E-state index contributed by atoms with van der Waals surface area (Å²) in [7, 11) is 0. The second-order valence-corrected chi connectivity index (χ2v) is 6.19. The molecule has 1 aliphatic heterocycles. The van der Waals surface area contributed by atoms with Crippen molar-refractivity contribution in [3.8, 4) is 0 Å². The maximum Gasteiger partial charge on any atom is 0.136 e. The molecule has 0 aromatic carbocycles. The molecule has 1 fully saturated rings. The fourth-order valence-corrected chi connectivity index (χ4v) is 3.33. The van der Waals surface area contributed by atoms with Crippen molar-refractivity contribution in [1.82, 2.24) is 9.97 Å². The average molecular weight is 287 g/mol. The predicted molar refractivity (Wildman–Crippen MR) is 75.5 cm³/mol. The molecule has 2 rings (SSSR count). The Bertz CT molecular complexity index is 408. The van der Waals surface area contributed by atoms with Gasteiger partial charge in [-0.3, -0.25) is 0 Å². The van der Waals surface area contributed by atoms with Gasteiger partial charge in [0, 0.05) is 30.4 Å². The van der Waals surface area contributed by atoms with Gasteiger partial charge < -0.3 is 4.74 Å². The lowest BCUT2D eigenvalue weighted by molar-refractivity contribution is 0.1000. The van der Waals surface area contributed by atoms with Crippen molar-refractivity contribution in [2.75, 3.05) is 13.2 Å². The summed E-state index contributed by atoms with van der Waals surface area (Å²) in [5.74, 6) is 0.864. The Labute approximate surface area is 118 Å². The van der Waals surface area contributed by atoms with Gasteiger partial charge in [0.15, 0.2) is 0 Å². The van der Waals surface area contributed by atoms with Gasteiger partial charge in [-0.05, 0) is 26.2 Å². The molecule has 0 unspecified atom stereocenters. The summed E-state index contributed by atoms with van der Waals surface area (Å²) in [5.41, 5.74) is 1.01. The first-order chi connectivity index (χ1) is 8.70. The Balaban J connectivity index is 2.14. The first kappa shape index (κ1) is 14.1. The van der Waals surface area contributed by atoms with Crippen molar-refractivity contribution in [1.29, 1.82) is 0 Å². The zero-order valence-electron chi connectivity index (χ0n) is 10.9. The van der Waals surface area contributed by atoms with Gasteiger partial charge in [-0.2, -0.15) is 0 Å². The smallest absolute Gasteiger partial charge is 0.136 e. The quantitative estimate of drug-likeness (QED) is 0.791. The van der Waals surface area contributed by atoms with Gasteiger partial charge in [0.25, 0.3) is 0 Å². The molecule has 0 spiro atoms. The highest BCUT2D eigenvalue weighted by molar-refractivity contribution is 7.99. The fraction of sp³-hybridized carbons (Fsp3) is 0.692. The van der Waals surface area contributed by atoms with E-state index < -0.39 is 0 Å². The van der Waals surface area contributed by atoms with E-state index in [1.807, 2.05) is 18.7 Å². The van der Waals surface area contributed by atoms with E-state index >= 15 is 0 Å². The molecule has 1 aromatic heterocycles. The number of thioether (sulfide) groups is 1. The first-order valence-electron chi connectivity index (χ1n) is 6.48. The van der Waals surface area contributed by atoms with Gasteiger partial charge in [-0.15, -0.1) is 11.8 Å². The number of rotatable bonds is 4. The molecule has 0 saturated carbocycles. The Morgan fingerprint density at radius 2 is 2.06 bits per heavy atom. The molecule has 5 heteroatoms. The summed E-state index contributed by atoms with van der Waals surface area (Å²) in [4.78, 5) is 8.98. The van der Waals surface area contributed by atoms with E-state index in [2.05, 4.69) is 16.9 Å². The van der Waals surface area contributed by atoms with Crippen molar-refractivity contribution >= 4 is 23.4 Å². The van der Waals surface area contributed by atoms with Crippen LogP contribution in [0.1, 0.15) is 37.6 Å². The van der Waals surface area contributed by atoms with E-state index in [0.717, 1.165) is 55.3 Å². The lowest BCUT2D eigenvalue weighted by Crippen LogP contribution is -2.18. The fourth-order valence-electron chi connectivity index (χ4n) is 1.91. The lowest BCUT2D eigenvalue weighted by atomic mass is 10.2. The molecule has 1 aliphatic rings. The van der Waals surface area contributed by atoms with Crippen molar-refractivity contribution in [2.24, 2.45) is 0 Å². The Morgan fingerprint density at radius 1 is 1.33 bits per heavy atom. The minimum Gasteiger partial charge on any atom is -0.381 e. The van der Waals surface area contributed by atoms with Crippen LogP contribution in [0.15, 0.2) is 5.03 Å². The lowest BCUT2D eigenvalue weighted by Gasteiger charge is -2.21. The SMILES string of the molecule is CCCc1nc(Cl)c(C)c(SC2CCOCC2)n1. The Hall–Kier alpha value is -0.320. The normalized spacial score (nSPS) is 17.1. The number of hydrogen-bond acceptors (Lipinski definition) is 4. The molecule has 18 heavy (non-hydrogen) atoms. The zero-order chi connectivity index (χ0) is 13.0. The molecule has 1 saturated heterocycles. The summed E-state index contributed by atoms with van der Waals surface area (Å²) in [5, 5.41) is 2.24. The average Bonchev–Trinajstić information content (AvgIpc) is 2.37. The third kappa shape index (κ3) is 3.59. The van der Waals surface area contributed by atoms with Crippen LogP contribution in [0, 0.1) is 6.92 Å². The van der Waals surface area contributed by atoms with Crippen molar-refractivity contribution in [2.45, 2.75) is 49.8 Å². The summed E-state index contributed by atoms with van der Waals surface area (Å²) in [6, 6.07) is 0. The second-order valence-electron chi connectivity index (χ2n) is 4.54. The topological polar surface area (TPSA) is 35.0 Å². The van der Waals surface area contributed by atoms with Gasteiger partial charge >= 0.3 is 0 Å². The monoisotopic (exact) mass is 286 g/mol. The molecule has 0 bridgehead atoms. The molecule has 0 atom stereocenters. The van der Waals surface area contributed by atoms with Crippen molar-refractivity contribution < 1.29 is 4.74 Å². The highest BCUT2D eigenvalue weighted by Crippen LogP contribution is 2.32. The van der Waals surface area contributed by atoms with Gasteiger partial charge in [0.05, 0.1) is 0 Å². The highest BCUT2D eigenvalue weighted by atomic mass is 35.5. The number of halogens is 1. The third-order valence-electron chi connectivity index (χ3n) is 3.01. The van der Waals surface area contributed by atoms with Gasteiger partial charge in [0.1, 0.15) is 16.0 Å². The highest BCUT2D eigenvalue weighted by Gasteiger charge is 2.18. The predicted octanol–water partition coefficient (Wildman–Crippen LogP) is 3.66. The zero-order valence-corrected chi connectivity index (χ0v) is 12.5. The van der Waals surface area contributed by atoms with Gasteiger partial charge in [-0.1, -0.05) is 18.5 Å². The molecule has 2 heterocycles. The second kappa shape index (κ2) is 6.73. The number of nitrogens with zero attached hydrogens (tertiary/aromatic N) is 2. The minimum absolute atomic E-state index is 0.595. The Kier molecular flexibility index (Phi) is 5.27. The maximum atomic E-state index is 6.18. The van der Waals surface area contributed by atoms with Crippen LogP contribution in [-0.2, 0) is 11.2 Å². The maximum absolute atomic E-state index is 6.18. The van der Waals surface area contributed by atoms with Crippen LogP contribution in [0.2, 0.25) is 5.15 Å². The van der Waals surface area contributed by atoms with Crippen LogP contribution in [-0.4, -0.2) is 28.4 Å². The molecule has 0 N–H and O–H groups in total. The van der Waals surface area contributed by atoms with Crippen molar-refractivity contribution in [3.05, 3.63) is 16.5 Å². The molecule has 0 radical (unpaired) electrons. The molecule has 0 amide bonds. The summed E-state index contributed by atoms with van der Waals surface area (Å²) in [6.45, 7) is 5.84. The van der Waals surface area contributed by atoms with E-state index in [1.54, 1.807) is 0 Å². The van der Waals surface area contributed by atoms with Crippen LogP contribution >= 0.6 is 23.4 Å². The Morgan fingerprint density at radius 3 is 2.72 bits per heavy atom. The van der Waals surface area contributed by atoms with E-state index in [0.29, 0.717) is 10.4 Å². The van der Waals surface area contributed by atoms with Crippen molar-refractivity contribution in [3.63, 3.8) is 0 Å². The van der Waals surface area contributed by atoms with E-state index in [4.69, 9.17) is 16.3 Å². The number of aromatic nitrogens is 2. The summed E-state index contributed by atoms with van der Waals surface area (Å²) < 4.78 is 5.38. The first-order valence-corrected chi connectivity index (χ1v) is 7.74. The number of aryl methyl sites for hydroxylation is 1. The minimum atomic E-state index is 0.595.